The number of carboxylic acids is 1. The molecular weight excluding hydrogens is 284 g/mol. The summed E-state index contributed by atoms with van der Waals surface area (Å²) in [5.41, 5.74) is -0.240. The van der Waals surface area contributed by atoms with Crippen molar-refractivity contribution in [2.45, 2.75) is 53.2 Å². The van der Waals surface area contributed by atoms with Crippen LogP contribution in [0.3, 0.4) is 0 Å². The van der Waals surface area contributed by atoms with Crippen molar-refractivity contribution in [1.29, 1.82) is 0 Å². The summed E-state index contributed by atoms with van der Waals surface area (Å²) >= 11 is 0. The van der Waals surface area contributed by atoms with Crippen LogP contribution in [-0.2, 0) is 33.4 Å². The lowest BCUT2D eigenvalue weighted by molar-refractivity contribution is -0.191. The predicted molar refractivity (Wildman–Crippen MR) is 67.8 cm³/mol. The van der Waals surface area contributed by atoms with Crippen LogP contribution in [0.1, 0.15) is 41.0 Å². The molecule has 0 aromatic rings. The molecule has 0 aromatic heterocycles. The molecule has 21 heavy (non-hydrogen) atoms. The van der Waals surface area contributed by atoms with Gasteiger partial charge in [-0.25, -0.2) is 4.79 Å². The molecule has 0 radical (unpaired) electrons. The van der Waals surface area contributed by atoms with Crippen molar-refractivity contribution in [2.75, 3.05) is 0 Å². The van der Waals surface area contributed by atoms with Crippen LogP contribution < -0.4 is 0 Å². The number of carboxylic acid groups (broad SMARTS) is 1. The molecule has 0 unspecified atom stereocenters. The number of carbonyl (C=O) groups excluding carboxylic acids is 4. The Morgan fingerprint density at radius 1 is 1.14 bits per heavy atom. The van der Waals surface area contributed by atoms with Crippen LogP contribution in [0, 0.1) is 5.41 Å². The minimum Gasteiger partial charge on any atom is -0.478 e. The third kappa shape index (κ3) is 11.3. The van der Waals surface area contributed by atoms with Gasteiger partial charge in [0.25, 0.3) is 0 Å². The topological polar surface area (TPSA) is 124 Å². The minimum atomic E-state index is -1.50. The maximum Gasteiger partial charge on any atom is 0.373 e. The molecule has 0 aliphatic rings. The number of aliphatic carboxylic acids is 1. The normalized spacial score (nSPS) is 12.8. The molecule has 0 saturated carbocycles. The van der Waals surface area contributed by atoms with Gasteiger partial charge in [-0.2, -0.15) is 9.59 Å². The SMILES string of the molecule is CC(=O)O[C@@H](CC(=O)O[C@@H](C)C(C)(C)C)C(=O)O.O=C=O. The molecule has 8 heteroatoms. The second-order valence-electron chi connectivity index (χ2n) is 5.22. The van der Waals surface area contributed by atoms with Crippen LogP contribution in [0.2, 0.25) is 0 Å². The second kappa shape index (κ2) is 9.66. The third-order valence-electron chi connectivity index (χ3n) is 2.46. The standard InChI is InChI=1S/C12H20O6.CO2/c1-7(12(3,4)5)17-10(14)6-9(11(15)16)18-8(2)13;2-1-3/h7,9H,6H2,1-5H3,(H,15,16);/t7-,9-;/m0./s1. The van der Waals surface area contributed by atoms with Crippen molar-refractivity contribution < 1.29 is 38.6 Å². The van der Waals surface area contributed by atoms with Gasteiger partial charge >= 0.3 is 24.1 Å². The van der Waals surface area contributed by atoms with E-state index < -0.39 is 30.4 Å². The molecule has 1 N–H and O–H groups in total. The summed E-state index contributed by atoms with van der Waals surface area (Å²) in [4.78, 5) is 49.2. The van der Waals surface area contributed by atoms with Gasteiger partial charge in [0.2, 0.25) is 6.10 Å². The van der Waals surface area contributed by atoms with Gasteiger partial charge in [0, 0.05) is 6.92 Å². The number of hydrogen-bond acceptors (Lipinski definition) is 7. The van der Waals surface area contributed by atoms with Gasteiger partial charge in [0.15, 0.2) is 0 Å². The van der Waals surface area contributed by atoms with E-state index in [9.17, 15) is 14.4 Å². The van der Waals surface area contributed by atoms with Gasteiger partial charge in [-0.05, 0) is 12.3 Å². The van der Waals surface area contributed by atoms with Crippen LogP contribution in [0.25, 0.3) is 0 Å². The van der Waals surface area contributed by atoms with E-state index in [1.165, 1.54) is 0 Å². The molecule has 0 spiro atoms. The quantitative estimate of drug-likeness (QED) is 0.739. The molecule has 120 valence electrons. The second-order valence-corrected chi connectivity index (χ2v) is 5.22. The van der Waals surface area contributed by atoms with Crippen molar-refractivity contribution in [2.24, 2.45) is 5.41 Å². The van der Waals surface area contributed by atoms with E-state index in [1.807, 2.05) is 20.8 Å². The number of ether oxygens (including phenoxy) is 2. The lowest BCUT2D eigenvalue weighted by Crippen LogP contribution is -2.33. The monoisotopic (exact) mass is 304 g/mol. The average Bonchev–Trinajstić information content (AvgIpc) is 2.26. The first-order chi connectivity index (χ1) is 9.45. The van der Waals surface area contributed by atoms with E-state index >= 15 is 0 Å². The third-order valence-corrected chi connectivity index (χ3v) is 2.46. The maximum atomic E-state index is 11.5. The molecular formula is C13H20O8. The largest absolute Gasteiger partial charge is 0.478 e. The number of rotatable bonds is 5. The average molecular weight is 304 g/mol. The van der Waals surface area contributed by atoms with Gasteiger partial charge < -0.3 is 14.6 Å². The minimum absolute atomic E-state index is 0.240. The van der Waals surface area contributed by atoms with Gasteiger partial charge in [-0.1, -0.05) is 20.8 Å². The molecule has 2 atom stereocenters. The van der Waals surface area contributed by atoms with Crippen LogP contribution >= 0.6 is 0 Å². The van der Waals surface area contributed by atoms with E-state index in [0.717, 1.165) is 6.92 Å². The highest BCUT2D eigenvalue weighted by Crippen LogP contribution is 2.22. The lowest BCUT2D eigenvalue weighted by atomic mass is 9.90. The van der Waals surface area contributed by atoms with E-state index in [-0.39, 0.29) is 17.7 Å². The Balaban J connectivity index is 0. The molecule has 0 aliphatic carbocycles. The summed E-state index contributed by atoms with van der Waals surface area (Å²) in [6.07, 6.45) is -2.10. The Morgan fingerprint density at radius 3 is 1.86 bits per heavy atom. The maximum absolute atomic E-state index is 11.5. The molecule has 8 nitrogen and oxygen atoms in total. The Morgan fingerprint density at radius 2 is 1.57 bits per heavy atom. The Bertz CT molecular complexity index is 401. The first kappa shape index (κ1) is 21.1. The Labute approximate surface area is 122 Å². The highest BCUT2D eigenvalue weighted by Gasteiger charge is 2.29. The zero-order valence-corrected chi connectivity index (χ0v) is 12.7. The van der Waals surface area contributed by atoms with Gasteiger partial charge in [0.1, 0.15) is 6.10 Å². The first-order valence-corrected chi connectivity index (χ1v) is 6.04. The molecule has 0 aromatic carbocycles. The van der Waals surface area contributed by atoms with Crippen molar-refractivity contribution in [3.8, 4) is 0 Å². The summed E-state index contributed by atoms with van der Waals surface area (Å²) in [5.74, 6) is -2.82. The fourth-order valence-electron chi connectivity index (χ4n) is 0.953. The molecule has 0 aliphatic heterocycles. The Kier molecular flexibility index (Phi) is 9.70. The smallest absolute Gasteiger partial charge is 0.373 e. The molecule has 0 rings (SSSR count). The van der Waals surface area contributed by atoms with Crippen LogP contribution in [0.5, 0.6) is 0 Å². The summed E-state index contributed by atoms with van der Waals surface area (Å²) in [5, 5.41) is 8.78. The summed E-state index contributed by atoms with van der Waals surface area (Å²) in [6.45, 7) is 8.49. The van der Waals surface area contributed by atoms with Crippen LogP contribution in [-0.4, -0.2) is 41.4 Å². The molecule has 0 amide bonds. The van der Waals surface area contributed by atoms with Gasteiger partial charge in [-0.15, -0.1) is 0 Å². The summed E-state index contributed by atoms with van der Waals surface area (Å²) in [6, 6.07) is 0. The zero-order valence-electron chi connectivity index (χ0n) is 12.7. The molecule has 0 bridgehead atoms. The van der Waals surface area contributed by atoms with Gasteiger partial charge in [0.05, 0.1) is 6.42 Å². The van der Waals surface area contributed by atoms with Crippen LogP contribution in [0.15, 0.2) is 0 Å². The van der Waals surface area contributed by atoms with E-state index in [2.05, 4.69) is 4.74 Å². The fourth-order valence-corrected chi connectivity index (χ4v) is 0.953. The predicted octanol–water partition coefficient (Wildman–Crippen LogP) is 0.787. The van der Waals surface area contributed by atoms with Crippen molar-refractivity contribution in [3.63, 3.8) is 0 Å². The highest BCUT2D eigenvalue weighted by molar-refractivity contribution is 5.83. The first-order valence-electron chi connectivity index (χ1n) is 6.04. The van der Waals surface area contributed by atoms with E-state index in [0.29, 0.717) is 0 Å². The van der Waals surface area contributed by atoms with Gasteiger partial charge in [-0.3, -0.25) is 9.59 Å². The highest BCUT2D eigenvalue weighted by atomic mass is 16.6. The van der Waals surface area contributed by atoms with Crippen molar-refractivity contribution >= 4 is 24.1 Å². The van der Waals surface area contributed by atoms with Crippen molar-refractivity contribution in [3.05, 3.63) is 0 Å². The summed E-state index contributed by atoms with van der Waals surface area (Å²) in [7, 11) is 0. The van der Waals surface area contributed by atoms with Crippen LogP contribution in [0.4, 0.5) is 0 Å². The molecule has 0 fully saturated rings. The molecule has 0 saturated heterocycles. The number of esters is 2. The molecule has 0 heterocycles. The fraction of sp³-hybridized carbons (Fsp3) is 0.692. The lowest BCUT2D eigenvalue weighted by Gasteiger charge is -2.27. The van der Waals surface area contributed by atoms with E-state index in [4.69, 9.17) is 19.4 Å². The number of carbonyl (C=O) groups is 3. The Hall–Kier alpha value is -2.21. The number of hydrogen-bond donors (Lipinski definition) is 1. The van der Waals surface area contributed by atoms with E-state index in [1.54, 1.807) is 6.92 Å². The van der Waals surface area contributed by atoms with Crippen molar-refractivity contribution in [1.82, 2.24) is 0 Å². The summed E-state index contributed by atoms with van der Waals surface area (Å²) < 4.78 is 9.59. The zero-order chi connectivity index (χ0) is 17.2.